The number of carbonyl (C=O) groups is 1. The van der Waals surface area contributed by atoms with Crippen molar-refractivity contribution in [1.29, 1.82) is 0 Å². The van der Waals surface area contributed by atoms with Gasteiger partial charge < -0.3 is 9.73 Å². The number of hydrogen-bond donors (Lipinski definition) is 1. The average molecular weight is 272 g/mol. The molecular formula is C16H20N2O2. The molecule has 0 bridgehead atoms. The standard InChI is InChI=1S/C16H20N2O2/c1-12(2)8-9-17-15(19)10-14-11-20-16(18-14)13-6-4-3-5-7-13/h3-7,11-12H,8-10H2,1-2H3,(H,17,19). The highest BCUT2D eigenvalue weighted by Crippen LogP contribution is 2.17. The molecule has 0 aliphatic carbocycles. The maximum Gasteiger partial charge on any atom is 0.226 e. The molecule has 106 valence electrons. The van der Waals surface area contributed by atoms with Crippen LogP contribution in [0, 0.1) is 5.92 Å². The van der Waals surface area contributed by atoms with E-state index in [0.29, 0.717) is 24.0 Å². The minimum atomic E-state index is -0.0152. The second-order valence-electron chi connectivity index (χ2n) is 5.22. The van der Waals surface area contributed by atoms with Crippen molar-refractivity contribution in [3.05, 3.63) is 42.3 Å². The fourth-order valence-electron chi connectivity index (χ4n) is 1.83. The Hall–Kier alpha value is -2.10. The molecule has 1 aromatic heterocycles. The average Bonchev–Trinajstić information content (AvgIpc) is 2.88. The third-order valence-corrected chi connectivity index (χ3v) is 2.96. The predicted octanol–water partition coefficient (Wildman–Crippen LogP) is 3.05. The Morgan fingerprint density at radius 2 is 2.05 bits per heavy atom. The molecule has 1 N–H and O–H groups in total. The Labute approximate surface area is 119 Å². The number of hydrogen-bond acceptors (Lipinski definition) is 3. The van der Waals surface area contributed by atoms with Crippen LogP contribution < -0.4 is 5.32 Å². The lowest BCUT2D eigenvalue weighted by atomic mass is 10.1. The van der Waals surface area contributed by atoms with Crippen molar-refractivity contribution in [2.75, 3.05) is 6.54 Å². The minimum Gasteiger partial charge on any atom is -0.444 e. The van der Waals surface area contributed by atoms with Gasteiger partial charge in [-0.15, -0.1) is 0 Å². The SMILES string of the molecule is CC(C)CCNC(=O)Cc1coc(-c2ccccc2)n1. The van der Waals surface area contributed by atoms with Gasteiger partial charge in [-0.3, -0.25) is 4.79 Å². The number of oxazole rings is 1. The van der Waals surface area contributed by atoms with Crippen molar-refractivity contribution in [3.8, 4) is 11.5 Å². The number of benzene rings is 1. The fraction of sp³-hybridized carbons (Fsp3) is 0.375. The first-order chi connectivity index (χ1) is 9.65. The van der Waals surface area contributed by atoms with Crippen LogP contribution in [0.5, 0.6) is 0 Å². The second-order valence-corrected chi connectivity index (χ2v) is 5.22. The number of carbonyl (C=O) groups excluding carboxylic acids is 1. The van der Waals surface area contributed by atoms with E-state index < -0.39 is 0 Å². The molecule has 0 radical (unpaired) electrons. The predicted molar refractivity (Wildman–Crippen MR) is 78.1 cm³/mol. The van der Waals surface area contributed by atoms with Gasteiger partial charge in [0.05, 0.1) is 12.1 Å². The molecule has 4 heteroatoms. The molecule has 2 aromatic rings. The Bertz CT molecular complexity index is 547. The molecule has 2 rings (SSSR count). The summed E-state index contributed by atoms with van der Waals surface area (Å²) < 4.78 is 5.40. The lowest BCUT2D eigenvalue weighted by Gasteiger charge is -2.05. The van der Waals surface area contributed by atoms with E-state index in [2.05, 4.69) is 24.1 Å². The zero-order valence-corrected chi connectivity index (χ0v) is 11.9. The number of nitrogens with one attached hydrogen (secondary N) is 1. The molecule has 1 aromatic carbocycles. The highest BCUT2D eigenvalue weighted by atomic mass is 16.3. The van der Waals surface area contributed by atoms with E-state index in [1.807, 2.05) is 30.3 Å². The molecule has 0 saturated heterocycles. The molecule has 0 unspecified atom stereocenters. The lowest BCUT2D eigenvalue weighted by Crippen LogP contribution is -2.26. The maximum absolute atomic E-state index is 11.7. The third-order valence-electron chi connectivity index (χ3n) is 2.96. The number of aromatic nitrogens is 1. The van der Waals surface area contributed by atoms with Crippen molar-refractivity contribution in [1.82, 2.24) is 10.3 Å². The van der Waals surface area contributed by atoms with Crippen LogP contribution in [0.3, 0.4) is 0 Å². The van der Waals surface area contributed by atoms with Gasteiger partial charge >= 0.3 is 0 Å². The second kappa shape index (κ2) is 6.89. The van der Waals surface area contributed by atoms with Crippen LogP contribution >= 0.6 is 0 Å². The smallest absolute Gasteiger partial charge is 0.226 e. The van der Waals surface area contributed by atoms with E-state index in [1.54, 1.807) is 6.26 Å². The van der Waals surface area contributed by atoms with Gasteiger partial charge in [-0.1, -0.05) is 32.0 Å². The van der Waals surface area contributed by atoms with Crippen LogP contribution in [0.15, 0.2) is 41.0 Å². The van der Waals surface area contributed by atoms with Gasteiger partial charge in [-0.2, -0.15) is 0 Å². The highest BCUT2D eigenvalue weighted by Gasteiger charge is 2.10. The van der Waals surface area contributed by atoms with Crippen LogP contribution in [0.1, 0.15) is 26.0 Å². The first-order valence-electron chi connectivity index (χ1n) is 6.91. The van der Waals surface area contributed by atoms with Crippen molar-refractivity contribution in [2.45, 2.75) is 26.7 Å². The molecule has 0 saturated carbocycles. The van der Waals surface area contributed by atoms with Crippen LogP contribution in [0.4, 0.5) is 0 Å². The van der Waals surface area contributed by atoms with Gasteiger partial charge in [0.25, 0.3) is 0 Å². The molecule has 20 heavy (non-hydrogen) atoms. The summed E-state index contributed by atoms with van der Waals surface area (Å²) in [6, 6.07) is 9.65. The summed E-state index contributed by atoms with van der Waals surface area (Å²) in [5.74, 6) is 1.13. The summed E-state index contributed by atoms with van der Waals surface area (Å²) in [5.41, 5.74) is 1.57. The Morgan fingerprint density at radius 3 is 2.75 bits per heavy atom. The first-order valence-corrected chi connectivity index (χ1v) is 6.91. The van der Waals surface area contributed by atoms with Crippen molar-refractivity contribution in [2.24, 2.45) is 5.92 Å². The van der Waals surface area contributed by atoms with Gasteiger partial charge in [0.1, 0.15) is 6.26 Å². The zero-order chi connectivity index (χ0) is 14.4. The molecule has 0 spiro atoms. The molecule has 0 atom stereocenters. The van der Waals surface area contributed by atoms with Crippen LogP contribution in [0.25, 0.3) is 11.5 Å². The summed E-state index contributed by atoms with van der Waals surface area (Å²) in [6.45, 7) is 4.98. The topological polar surface area (TPSA) is 55.1 Å². The Kier molecular flexibility index (Phi) is 4.93. The van der Waals surface area contributed by atoms with Gasteiger partial charge in [0.15, 0.2) is 0 Å². The first kappa shape index (κ1) is 14.3. The normalized spacial score (nSPS) is 10.8. The summed E-state index contributed by atoms with van der Waals surface area (Å²) in [6.07, 6.45) is 2.79. The van der Waals surface area contributed by atoms with E-state index in [9.17, 15) is 4.79 Å². The van der Waals surface area contributed by atoms with E-state index in [-0.39, 0.29) is 12.3 Å². The van der Waals surface area contributed by atoms with Crippen LogP contribution in [0.2, 0.25) is 0 Å². The van der Waals surface area contributed by atoms with E-state index in [0.717, 1.165) is 12.0 Å². The van der Waals surface area contributed by atoms with E-state index in [1.165, 1.54) is 0 Å². The Morgan fingerprint density at radius 1 is 1.30 bits per heavy atom. The van der Waals surface area contributed by atoms with Gasteiger partial charge in [0, 0.05) is 12.1 Å². The summed E-state index contributed by atoms with van der Waals surface area (Å²) >= 11 is 0. The maximum atomic E-state index is 11.7. The van der Waals surface area contributed by atoms with Crippen LogP contribution in [-0.2, 0) is 11.2 Å². The van der Waals surface area contributed by atoms with E-state index in [4.69, 9.17) is 4.42 Å². The van der Waals surface area contributed by atoms with Gasteiger partial charge in [-0.05, 0) is 24.5 Å². The molecule has 1 heterocycles. The quantitative estimate of drug-likeness (QED) is 0.879. The summed E-state index contributed by atoms with van der Waals surface area (Å²) in [7, 11) is 0. The fourth-order valence-corrected chi connectivity index (χ4v) is 1.83. The van der Waals surface area contributed by atoms with Gasteiger partial charge in [-0.25, -0.2) is 4.98 Å². The molecular weight excluding hydrogens is 252 g/mol. The van der Waals surface area contributed by atoms with Crippen molar-refractivity contribution in [3.63, 3.8) is 0 Å². The molecule has 0 aliphatic rings. The summed E-state index contributed by atoms with van der Waals surface area (Å²) in [5, 5.41) is 2.89. The van der Waals surface area contributed by atoms with Crippen molar-refractivity contribution < 1.29 is 9.21 Å². The molecule has 0 fully saturated rings. The zero-order valence-electron chi connectivity index (χ0n) is 11.9. The van der Waals surface area contributed by atoms with Crippen molar-refractivity contribution >= 4 is 5.91 Å². The molecule has 1 amide bonds. The number of amides is 1. The molecule has 0 aliphatic heterocycles. The number of nitrogens with zero attached hydrogens (tertiary/aromatic N) is 1. The largest absolute Gasteiger partial charge is 0.444 e. The molecule has 4 nitrogen and oxygen atoms in total. The third kappa shape index (κ3) is 4.23. The minimum absolute atomic E-state index is 0.0152. The summed E-state index contributed by atoms with van der Waals surface area (Å²) in [4.78, 5) is 16.1. The number of rotatable bonds is 6. The highest BCUT2D eigenvalue weighted by molar-refractivity contribution is 5.78. The van der Waals surface area contributed by atoms with E-state index >= 15 is 0 Å². The monoisotopic (exact) mass is 272 g/mol. The van der Waals surface area contributed by atoms with Crippen LogP contribution in [-0.4, -0.2) is 17.4 Å². The Balaban J connectivity index is 1.88. The lowest BCUT2D eigenvalue weighted by molar-refractivity contribution is -0.120. The van der Waals surface area contributed by atoms with Gasteiger partial charge in [0.2, 0.25) is 11.8 Å².